The predicted octanol–water partition coefficient (Wildman–Crippen LogP) is -0.230. The van der Waals surface area contributed by atoms with Crippen molar-refractivity contribution < 1.29 is 9.53 Å². The van der Waals surface area contributed by atoms with Gasteiger partial charge in [-0.25, -0.2) is 0 Å². The average Bonchev–Trinajstić information content (AvgIpc) is 2.64. The van der Waals surface area contributed by atoms with Gasteiger partial charge in [0, 0.05) is 0 Å². The van der Waals surface area contributed by atoms with Gasteiger partial charge < -0.3 is 15.8 Å². The molecule has 4 atom stereocenters. The van der Waals surface area contributed by atoms with Crippen molar-refractivity contribution in [1.82, 2.24) is 5.32 Å². The molecule has 2 saturated heterocycles. The number of hydrogen-bond acceptors (Lipinski definition) is 3. The molecule has 0 aromatic heterocycles. The van der Waals surface area contributed by atoms with E-state index in [0.29, 0.717) is 6.10 Å². The summed E-state index contributed by atoms with van der Waals surface area (Å²) in [5, 5.41) is 2.92. The van der Waals surface area contributed by atoms with Crippen LogP contribution in [-0.2, 0) is 9.53 Å². The molecule has 2 rings (SSSR count). The molecule has 2 fully saturated rings. The molecule has 3 N–H and O–H groups in total. The number of ether oxygens (including phenoxy) is 1. The van der Waals surface area contributed by atoms with Crippen LogP contribution in [0.15, 0.2) is 0 Å². The highest BCUT2D eigenvalue weighted by molar-refractivity contribution is 5.81. The molecule has 13 heavy (non-hydrogen) atoms. The fourth-order valence-electron chi connectivity index (χ4n) is 2.10. The molecule has 0 aromatic rings. The highest BCUT2D eigenvalue weighted by Crippen LogP contribution is 2.34. The largest absolute Gasteiger partial charge is 0.373 e. The third-order valence-electron chi connectivity index (χ3n) is 2.85. The van der Waals surface area contributed by atoms with Crippen molar-refractivity contribution in [1.29, 1.82) is 0 Å². The molecule has 3 unspecified atom stereocenters. The van der Waals surface area contributed by atoms with Gasteiger partial charge >= 0.3 is 0 Å². The number of fused-ring (bicyclic) bond motifs is 2. The van der Waals surface area contributed by atoms with Crippen molar-refractivity contribution >= 4 is 5.91 Å². The number of carbonyl (C=O) groups excluding carboxylic acids is 1. The first-order valence-electron chi connectivity index (χ1n) is 4.88. The van der Waals surface area contributed by atoms with E-state index in [4.69, 9.17) is 10.5 Å². The maximum Gasteiger partial charge on any atom is 0.236 e. The minimum Gasteiger partial charge on any atom is -0.373 e. The molecule has 74 valence electrons. The molecule has 4 nitrogen and oxygen atoms in total. The maximum atomic E-state index is 11.3. The lowest BCUT2D eigenvalue weighted by Crippen LogP contribution is -2.47. The fourth-order valence-corrected chi connectivity index (χ4v) is 2.10. The van der Waals surface area contributed by atoms with Crippen molar-refractivity contribution in [3.63, 3.8) is 0 Å². The lowest BCUT2D eigenvalue weighted by atomic mass is 9.95. The smallest absolute Gasteiger partial charge is 0.236 e. The Bertz CT molecular complexity index is 218. The second kappa shape index (κ2) is 3.27. The lowest BCUT2D eigenvalue weighted by Gasteiger charge is -2.20. The van der Waals surface area contributed by atoms with Crippen LogP contribution in [0.2, 0.25) is 0 Å². The summed E-state index contributed by atoms with van der Waals surface area (Å²) in [6.45, 7) is 1.70. The minimum atomic E-state index is -0.417. The Hall–Kier alpha value is -0.610. The van der Waals surface area contributed by atoms with Gasteiger partial charge in [-0.2, -0.15) is 0 Å². The van der Waals surface area contributed by atoms with E-state index in [2.05, 4.69) is 5.32 Å². The zero-order valence-electron chi connectivity index (χ0n) is 7.82. The molecule has 0 spiro atoms. The summed E-state index contributed by atoms with van der Waals surface area (Å²) in [6.07, 6.45) is 3.81. The van der Waals surface area contributed by atoms with Crippen molar-refractivity contribution in [3.05, 3.63) is 0 Å². The van der Waals surface area contributed by atoms with Crippen LogP contribution in [0.5, 0.6) is 0 Å². The summed E-state index contributed by atoms with van der Waals surface area (Å²) in [4.78, 5) is 11.3. The summed E-state index contributed by atoms with van der Waals surface area (Å²) < 4.78 is 5.61. The Labute approximate surface area is 77.8 Å². The normalized spacial score (nSPS) is 39.1. The molecule has 0 saturated carbocycles. The quantitative estimate of drug-likeness (QED) is 0.623. The molecule has 0 radical (unpaired) electrons. The Kier molecular flexibility index (Phi) is 2.26. The van der Waals surface area contributed by atoms with E-state index in [-0.39, 0.29) is 18.1 Å². The SMILES string of the molecule is C[C@H](N)C(=O)NC1CC2CCC1O2. The topological polar surface area (TPSA) is 64.4 Å². The molecule has 2 aliphatic rings. The van der Waals surface area contributed by atoms with Gasteiger partial charge in [0.25, 0.3) is 0 Å². The second-order valence-electron chi connectivity index (χ2n) is 4.01. The second-order valence-corrected chi connectivity index (χ2v) is 4.01. The number of hydrogen-bond donors (Lipinski definition) is 2. The van der Waals surface area contributed by atoms with Crippen LogP contribution in [0.25, 0.3) is 0 Å². The first kappa shape index (κ1) is 8.97. The molecule has 0 aromatic carbocycles. The number of nitrogens with one attached hydrogen (secondary N) is 1. The fraction of sp³-hybridized carbons (Fsp3) is 0.889. The van der Waals surface area contributed by atoms with Crippen molar-refractivity contribution in [2.24, 2.45) is 5.73 Å². The van der Waals surface area contributed by atoms with Crippen LogP contribution in [0.1, 0.15) is 26.2 Å². The van der Waals surface area contributed by atoms with Gasteiger partial charge in [0.15, 0.2) is 0 Å². The van der Waals surface area contributed by atoms with E-state index in [1.165, 1.54) is 0 Å². The highest BCUT2D eigenvalue weighted by atomic mass is 16.5. The van der Waals surface area contributed by atoms with Gasteiger partial charge in [0.2, 0.25) is 5.91 Å². The Morgan fingerprint density at radius 2 is 2.38 bits per heavy atom. The molecule has 4 heteroatoms. The summed E-state index contributed by atoms with van der Waals surface area (Å²) in [5.41, 5.74) is 5.46. The monoisotopic (exact) mass is 184 g/mol. The van der Waals surface area contributed by atoms with Crippen LogP contribution in [0, 0.1) is 0 Å². The molecular weight excluding hydrogens is 168 g/mol. The van der Waals surface area contributed by atoms with Crippen LogP contribution in [-0.4, -0.2) is 30.2 Å². The van der Waals surface area contributed by atoms with E-state index < -0.39 is 6.04 Å². The minimum absolute atomic E-state index is 0.0684. The number of nitrogens with two attached hydrogens (primary N) is 1. The number of rotatable bonds is 2. The van der Waals surface area contributed by atoms with Crippen LogP contribution in [0.4, 0.5) is 0 Å². The van der Waals surface area contributed by atoms with Gasteiger partial charge in [0.1, 0.15) is 0 Å². The summed E-state index contributed by atoms with van der Waals surface area (Å²) in [6, 6.07) is -0.212. The summed E-state index contributed by atoms with van der Waals surface area (Å²) >= 11 is 0. The molecule has 2 aliphatic heterocycles. The number of carbonyl (C=O) groups is 1. The standard InChI is InChI=1S/C9H16N2O2/c1-5(10)9(12)11-7-4-6-2-3-8(7)13-6/h5-8H,2-4,10H2,1H3,(H,11,12)/t5-,6?,7?,8?/m0/s1. The molecule has 0 aliphatic carbocycles. The summed E-state index contributed by atoms with van der Waals surface area (Å²) in [7, 11) is 0. The van der Waals surface area contributed by atoms with E-state index >= 15 is 0 Å². The van der Waals surface area contributed by atoms with E-state index in [1.807, 2.05) is 0 Å². The molecule has 2 bridgehead atoms. The summed E-state index contributed by atoms with van der Waals surface area (Å²) in [5.74, 6) is -0.0684. The van der Waals surface area contributed by atoms with Crippen molar-refractivity contribution in [2.45, 2.75) is 50.5 Å². The first-order valence-corrected chi connectivity index (χ1v) is 4.88. The van der Waals surface area contributed by atoms with E-state index in [0.717, 1.165) is 19.3 Å². The lowest BCUT2D eigenvalue weighted by molar-refractivity contribution is -0.123. The zero-order chi connectivity index (χ0) is 9.42. The van der Waals surface area contributed by atoms with Crippen LogP contribution >= 0.6 is 0 Å². The highest BCUT2D eigenvalue weighted by Gasteiger charge is 2.41. The van der Waals surface area contributed by atoms with Gasteiger partial charge in [-0.1, -0.05) is 0 Å². The molecular formula is C9H16N2O2. The number of amides is 1. The van der Waals surface area contributed by atoms with Gasteiger partial charge in [-0.15, -0.1) is 0 Å². The molecule has 2 heterocycles. The average molecular weight is 184 g/mol. The maximum absolute atomic E-state index is 11.3. The van der Waals surface area contributed by atoms with Crippen molar-refractivity contribution in [2.75, 3.05) is 0 Å². The van der Waals surface area contributed by atoms with Gasteiger partial charge in [-0.05, 0) is 26.2 Å². The van der Waals surface area contributed by atoms with Crippen molar-refractivity contribution in [3.8, 4) is 0 Å². The first-order chi connectivity index (χ1) is 6.16. The third kappa shape index (κ3) is 1.69. The van der Waals surface area contributed by atoms with Crippen LogP contribution < -0.4 is 11.1 Å². The van der Waals surface area contributed by atoms with Crippen LogP contribution in [0.3, 0.4) is 0 Å². The van der Waals surface area contributed by atoms with E-state index in [9.17, 15) is 4.79 Å². The molecule has 1 amide bonds. The predicted molar refractivity (Wildman–Crippen MR) is 48.1 cm³/mol. The Morgan fingerprint density at radius 1 is 1.62 bits per heavy atom. The van der Waals surface area contributed by atoms with Gasteiger partial charge in [-0.3, -0.25) is 4.79 Å². The zero-order valence-corrected chi connectivity index (χ0v) is 7.82. The Balaban J connectivity index is 1.86. The Morgan fingerprint density at radius 3 is 2.85 bits per heavy atom. The van der Waals surface area contributed by atoms with E-state index in [1.54, 1.807) is 6.92 Å². The third-order valence-corrected chi connectivity index (χ3v) is 2.85. The van der Waals surface area contributed by atoms with Gasteiger partial charge in [0.05, 0.1) is 24.3 Å².